The van der Waals surface area contributed by atoms with E-state index in [9.17, 15) is 0 Å². The van der Waals surface area contributed by atoms with E-state index in [-0.39, 0.29) is 0 Å². The van der Waals surface area contributed by atoms with Gasteiger partial charge in [0.2, 0.25) is 0 Å². The summed E-state index contributed by atoms with van der Waals surface area (Å²) in [6.07, 6.45) is 0. The summed E-state index contributed by atoms with van der Waals surface area (Å²) in [4.78, 5) is 4.43. The van der Waals surface area contributed by atoms with Crippen molar-refractivity contribution in [3.63, 3.8) is 0 Å². The summed E-state index contributed by atoms with van der Waals surface area (Å²) >= 11 is 0. The van der Waals surface area contributed by atoms with Crippen molar-refractivity contribution >= 4 is 16.7 Å². The van der Waals surface area contributed by atoms with Gasteiger partial charge in [-0.3, -0.25) is 0 Å². The number of nitrogens with zero attached hydrogens (tertiary/aromatic N) is 2. The van der Waals surface area contributed by atoms with Crippen molar-refractivity contribution in [1.29, 1.82) is 0 Å². The summed E-state index contributed by atoms with van der Waals surface area (Å²) in [5.41, 5.74) is 8.45. The Hall–Kier alpha value is -1.55. The number of ether oxygens (including phenoxy) is 1. The Morgan fingerprint density at radius 2 is 2.29 bits per heavy atom. The average Bonchev–Trinajstić information content (AvgIpc) is 2.46. The van der Waals surface area contributed by atoms with E-state index >= 15 is 0 Å². The summed E-state index contributed by atoms with van der Waals surface area (Å²) < 4.78 is 7.05. The van der Waals surface area contributed by atoms with E-state index in [0.717, 1.165) is 22.5 Å². The van der Waals surface area contributed by atoms with Crippen LogP contribution in [-0.4, -0.2) is 16.7 Å². The van der Waals surface area contributed by atoms with Crippen molar-refractivity contribution in [3.05, 3.63) is 24.0 Å². The number of hydrogen-bond donors (Lipinski definition) is 1. The second-order valence-electron chi connectivity index (χ2n) is 3.27. The van der Waals surface area contributed by atoms with Crippen molar-refractivity contribution in [3.8, 4) is 0 Å². The molecule has 4 nitrogen and oxygen atoms in total. The fourth-order valence-corrected chi connectivity index (χ4v) is 1.51. The van der Waals surface area contributed by atoms with Crippen LogP contribution in [0.15, 0.2) is 18.2 Å². The van der Waals surface area contributed by atoms with Crippen LogP contribution in [0.3, 0.4) is 0 Å². The number of nitrogen functional groups attached to an aromatic ring is 1. The zero-order valence-electron chi connectivity index (χ0n) is 8.32. The standard InChI is InChI=1S/C10H13N3O/c1-13-9-5-7(11)3-4-8(9)12-10(13)6-14-2/h3-5H,6,11H2,1-2H3. The van der Waals surface area contributed by atoms with Crippen LogP contribution in [0, 0.1) is 0 Å². The highest BCUT2D eigenvalue weighted by Gasteiger charge is 2.06. The molecule has 0 radical (unpaired) electrons. The highest BCUT2D eigenvalue weighted by molar-refractivity contribution is 5.79. The maximum absolute atomic E-state index is 5.70. The zero-order chi connectivity index (χ0) is 10.1. The first-order valence-electron chi connectivity index (χ1n) is 4.42. The van der Waals surface area contributed by atoms with Gasteiger partial charge in [-0.2, -0.15) is 0 Å². The van der Waals surface area contributed by atoms with E-state index in [1.165, 1.54) is 0 Å². The van der Waals surface area contributed by atoms with Gasteiger partial charge in [0.15, 0.2) is 0 Å². The van der Waals surface area contributed by atoms with Gasteiger partial charge in [-0.25, -0.2) is 4.98 Å². The maximum atomic E-state index is 5.70. The van der Waals surface area contributed by atoms with Crippen LogP contribution in [0.4, 0.5) is 5.69 Å². The van der Waals surface area contributed by atoms with Crippen LogP contribution >= 0.6 is 0 Å². The molecule has 0 amide bonds. The largest absolute Gasteiger partial charge is 0.399 e. The average molecular weight is 191 g/mol. The molecule has 2 N–H and O–H groups in total. The normalized spacial score (nSPS) is 11.0. The third-order valence-electron chi connectivity index (χ3n) is 2.27. The van der Waals surface area contributed by atoms with Crippen LogP contribution < -0.4 is 5.73 Å². The van der Waals surface area contributed by atoms with E-state index < -0.39 is 0 Å². The molecule has 2 rings (SSSR count). The number of nitrogens with two attached hydrogens (primary N) is 1. The summed E-state index contributed by atoms with van der Waals surface area (Å²) in [5.74, 6) is 0.910. The molecule has 14 heavy (non-hydrogen) atoms. The lowest BCUT2D eigenvalue weighted by atomic mass is 10.3. The van der Waals surface area contributed by atoms with Crippen molar-refractivity contribution in [2.24, 2.45) is 7.05 Å². The lowest BCUT2D eigenvalue weighted by Gasteiger charge is -2.00. The fourth-order valence-electron chi connectivity index (χ4n) is 1.51. The van der Waals surface area contributed by atoms with E-state index in [4.69, 9.17) is 10.5 Å². The van der Waals surface area contributed by atoms with E-state index in [2.05, 4.69) is 4.98 Å². The molecule has 1 aromatic heterocycles. The summed E-state index contributed by atoms with van der Waals surface area (Å²) in [5, 5.41) is 0. The Labute approximate surface area is 82.3 Å². The second-order valence-corrected chi connectivity index (χ2v) is 3.27. The Morgan fingerprint density at radius 3 is 3.00 bits per heavy atom. The monoisotopic (exact) mass is 191 g/mol. The Morgan fingerprint density at radius 1 is 1.50 bits per heavy atom. The third-order valence-corrected chi connectivity index (χ3v) is 2.27. The SMILES string of the molecule is COCc1nc2ccc(N)cc2n1C. The molecule has 0 aliphatic heterocycles. The van der Waals surface area contributed by atoms with Gasteiger partial charge >= 0.3 is 0 Å². The van der Waals surface area contributed by atoms with Crippen LogP contribution in [0.1, 0.15) is 5.82 Å². The molecule has 2 aromatic rings. The number of imidazole rings is 1. The van der Waals surface area contributed by atoms with Crippen molar-refractivity contribution in [2.75, 3.05) is 12.8 Å². The minimum Gasteiger partial charge on any atom is -0.399 e. The number of anilines is 1. The van der Waals surface area contributed by atoms with Crippen LogP contribution in [-0.2, 0) is 18.4 Å². The molecule has 1 heterocycles. The predicted molar refractivity (Wildman–Crippen MR) is 55.8 cm³/mol. The highest BCUT2D eigenvalue weighted by Crippen LogP contribution is 2.18. The van der Waals surface area contributed by atoms with Gasteiger partial charge in [0.1, 0.15) is 12.4 Å². The van der Waals surface area contributed by atoms with Crippen molar-refractivity contribution in [2.45, 2.75) is 6.61 Å². The van der Waals surface area contributed by atoms with Crippen molar-refractivity contribution in [1.82, 2.24) is 9.55 Å². The van der Waals surface area contributed by atoms with Crippen LogP contribution in [0.5, 0.6) is 0 Å². The first-order valence-corrected chi connectivity index (χ1v) is 4.42. The summed E-state index contributed by atoms with van der Waals surface area (Å²) in [6.45, 7) is 0.519. The van der Waals surface area contributed by atoms with Gasteiger partial charge in [-0.1, -0.05) is 0 Å². The molecule has 0 spiro atoms. The number of rotatable bonds is 2. The molecular formula is C10H13N3O. The van der Waals surface area contributed by atoms with Gasteiger partial charge in [-0.05, 0) is 18.2 Å². The number of fused-ring (bicyclic) bond motifs is 1. The number of aryl methyl sites for hydroxylation is 1. The molecule has 0 aliphatic carbocycles. The molecule has 0 aliphatic rings. The Bertz CT molecular complexity index is 462. The molecule has 0 saturated carbocycles. The van der Waals surface area contributed by atoms with Gasteiger partial charge in [0.05, 0.1) is 11.0 Å². The lowest BCUT2D eigenvalue weighted by Crippen LogP contribution is -1.98. The van der Waals surface area contributed by atoms with Gasteiger partial charge < -0.3 is 15.0 Å². The third kappa shape index (κ3) is 1.33. The molecule has 0 bridgehead atoms. The Balaban J connectivity index is 2.62. The summed E-state index contributed by atoms with van der Waals surface area (Å²) in [7, 11) is 3.62. The number of aromatic nitrogens is 2. The van der Waals surface area contributed by atoms with E-state index in [0.29, 0.717) is 6.61 Å². The first-order chi connectivity index (χ1) is 6.72. The molecule has 1 aromatic carbocycles. The molecule has 0 unspecified atom stereocenters. The summed E-state index contributed by atoms with van der Waals surface area (Å²) in [6, 6.07) is 5.69. The lowest BCUT2D eigenvalue weighted by molar-refractivity contribution is 0.176. The van der Waals surface area contributed by atoms with Crippen molar-refractivity contribution < 1.29 is 4.74 Å². The van der Waals surface area contributed by atoms with Crippen LogP contribution in [0.25, 0.3) is 11.0 Å². The number of hydrogen-bond acceptors (Lipinski definition) is 3. The smallest absolute Gasteiger partial charge is 0.135 e. The molecule has 4 heteroatoms. The van der Waals surface area contributed by atoms with Gasteiger partial charge in [0.25, 0.3) is 0 Å². The topological polar surface area (TPSA) is 53.1 Å². The molecule has 0 fully saturated rings. The minimum absolute atomic E-state index is 0.519. The quantitative estimate of drug-likeness (QED) is 0.728. The minimum atomic E-state index is 0.519. The number of methoxy groups -OCH3 is 1. The zero-order valence-corrected chi connectivity index (χ0v) is 8.32. The van der Waals surface area contributed by atoms with Gasteiger partial charge in [-0.15, -0.1) is 0 Å². The van der Waals surface area contributed by atoms with E-state index in [1.807, 2.05) is 29.8 Å². The Kier molecular flexibility index (Phi) is 2.13. The molecule has 0 atom stereocenters. The van der Waals surface area contributed by atoms with Gasteiger partial charge in [0, 0.05) is 19.8 Å². The molecule has 74 valence electrons. The van der Waals surface area contributed by atoms with Crippen LogP contribution in [0.2, 0.25) is 0 Å². The second kappa shape index (κ2) is 3.31. The predicted octanol–water partition coefficient (Wildman–Crippen LogP) is 1.30. The first kappa shape index (κ1) is 9.02. The highest BCUT2D eigenvalue weighted by atomic mass is 16.5. The maximum Gasteiger partial charge on any atom is 0.135 e. The molecule has 0 saturated heterocycles. The molecular weight excluding hydrogens is 178 g/mol. The number of benzene rings is 1. The van der Waals surface area contributed by atoms with E-state index in [1.54, 1.807) is 7.11 Å². The fraction of sp³-hybridized carbons (Fsp3) is 0.300.